The lowest BCUT2D eigenvalue weighted by atomic mass is 10.2. The van der Waals surface area contributed by atoms with Crippen molar-refractivity contribution in [1.29, 1.82) is 0 Å². The normalized spacial score (nSPS) is 14.5. The summed E-state index contributed by atoms with van der Waals surface area (Å²) in [5.41, 5.74) is 5.58. The van der Waals surface area contributed by atoms with Crippen molar-refractivity contribution < 1.29 is 14.7 Å². The second-order valence-corrected chi connectivity index (χ2v) is 6.79. The minimum atomic E-state index is -1.12. The van der Waals surface area contributed by atoms with Gasteiger partial charge in [-0.15, -0.1) is 5.10 Å². The third-order valence-corrected chi connectivity index (χ3v) is 4.97. The monoisotopic (exact) mass is 425 g/mol. The molecule has 1 fully saturated rings. The van der Waals surface area contributed by atoms with Gasteiger partial charge in [0.15, 0.2) is 5.82 Å². The Bertz CT molecular complexity index is 1210. The molecule has 160 valence electrons. The van der Waals surface area contributed by atoms with Gasteiger partial charge in [0.2, 0.25) is 5.91 Å². The Hall–Kier alpha value is -4.13. The van der Waals surface area contributed by atoms with Gasteiger partial charge >= 0.3 is 5.97 Å². The van der Waals surface area contributed by atoms with Crippen LogP contribution in [0.25, 0.3) is 17.8 Å². The summed E-state index contributed by atoms with van der Waals surface area (Å²) in [5.74, 6) is -0.518. The van der Waals surface area contributed by atoms with E-state index in [2.05, 4.69) is 25.6 Å². The smallest absolute Gasteiger partial charge is 0.335 e. The molecule has 0 aromatic carbocycles. The number of carbonyl (C=O) groups excluding carboxylic acids is 1. The van der Waals surface area contributed by atoms with Gasteiger partial charge in [-0.1, -0.05) is 0 Å². The summed E-state index contributed by atoms with van der Waals surface area (Å²) in [6.45, 7) is 1.69. The number of amides is 1. The van der Waals surface area contributed by atoms with Crippen molar-refractivity contribution in [1.82, 2.24) is 34.9 Å². The Morgan fingerprint density at radius 2 is 2.00 bits per heavy atom. The molecule has 13 nitrogen and oxygen atoms in total. The summed E-state index contributed by atoms with van der Waals surface area (Å²) in [7, 11) is 0. The van der Waals surface area contributed by atoms with Crippen LogP contribution in [0.5, 0.6) is 0 Å². The molecule has 4 rings (SSSR count). The molecule has 0 bridgehead atoms. The van der Waals surface area contributed by atoms with Crippen LogP contribution >= 0.6 is 0 Å². The second kappa shape index (κ2) is 8.31. The van der Waals surface area contributed by atoms with E-state index in [1.165, 1.54) is 22.7 Å². The van der Waals surface area contributed by atoms with Crippen LogP contribution in [0.4, 0.5) is 5.82 Å². The van der Waals surface area contributed by atoms with Crippen molar-refractivity contribution >= 4 is 35.5 Å². The number of rotatable bonds is 5. The minimum absolute atomic E-state index is 0.0206. The van der Waals surface area contributed by atoms with E-state index < -0.39 is 5.97 Å². The standard InChI is InChI=1S/C18H19N9O4/c19-10-15(28)25-5-7-26(8-6-25)16-12(1-2-13-21-23-24-22-13)17(29)27-4-3-11(18(30)31)9-14(27)20-16/h1-4,9H,5-8,10,19H2,(H,30,31)(H,21,22,23,24). The van der Waals surface area contributed by atoms with Crippen molar-refractivity contribution in [2.75, 3.05) is 37.6 Å². The number of aromatic carboxylic acids is 1. The molecule has 1 saturated heterocycles. The highest BCUT2D eigenvalue weighted by atomic mass is 16.4. The maximum Gasteiger partial charge on any atom is 0.335 e. The SMILES string of the molecule is NCC(=O)N1CCN(c2nc3cc(C(=O)O)ccn3c(=O)c2C=Cc2nnn[nH]2)CC1. The Morgan fingerprint density at radius 3 is 2.65 bits per heavy atom. The number of hydrogen-bond acceptors (Lipinski definition) is 9. The van der Waals surface area contributed by atoms with Gasteiger partial charge in [0.05, 0.1) is 17.7 Å². The van der Waals surface area contributed by atoms with Crippen LogP contribution in [-0.4, -0.2) is 84.6 Å². The van der Waals surface area contributed by atoms with Crippen molar-refractivity contribution in [3.8, 4) is 0 Å². The van der Waals surface area contributed by atoms with E-state index in [0.29, 0.717) is 37.8 Å². The van der Waals surface area contributed by atoms with Crippen molar-refractivity contribution in [2.45, 2.75) is 0 Å². The Kier molecular flexibility index (Phi) is 5.41. The number of carboxylic acids is 1. The average molecular weight is 425 g/mol. The number of carbonyl (C=O) groups is 2. The topological polar surface area (TPSA) is 176 Å². The van der Waals surface area contributed by atoms with Crippen LogP contribution in [0.3, 0.4) is 0 Å². The molecule has 31 heavy (non-hydrogen) atoms. The first-order valence-corrected chi connectivity index (χ1v) is 9.42. The van der Waals surface area contributed by atoms with Crippen LogP contribution in [0, 0.1) is 0 Å². The third-order valence-electron chi connectivity index (χ3n) is 4.97. The van der Waals surface area contributed by atoms with Crippen molar-refractivity contribution in [2.24, 2.45) is 5.73 Å². The molecule has 3 aromatic rings. The quantitative estimate of drug-likeness (QED) is 0.444. The molecule has 0 unspecified atom stereocenters. The maximum atomic E-state index is 13.2. The first-order chi connectivity index (χ1) is 15.0. The van der Waals surface area contributed by atoms with Crippen LogP contribution in [0.1, 0.15) is 21.7 Å². The molecule has 0 aliphatic carbocycles. The molecule has 4 N–H and O–H groups in total. The highest BCUT2D eigenvalue weighted by Crippen LogP contribution is 2.20. The zero-order valence-corrected chi connectivity index (χ0v) is 16.3. The van der Waals surface area contributed by atoms with Crippen LogP contribution in [0.2, 0.25) is 0 Å². The number of H-pyrrole nitrogens is 1. The maximum absolute atomic E-state index is 13.2. The Labute approximate surface area is 174 Å². The van der Waals surface area contributed by atoms with E-state index in [1.54, 1.807) is 17.1 Å². The number of aromatic amines is 1. The van der Waals surface area contributed by atoms with Crippen LogP contribution in [-0.2, 0) is 4.79 Å². The molecule has 1 aliphatic rings. The first-order valence-electron chi connectivity index (χ1n) is 9.42. The molecule has 4 heterocycles. The van der Waals surface area contributed by atoms with Crippen LogP contribution in [0.15, 0.2) is 23.1 Å². The van der Waals surface area contributed by atoms with Gasteiger partial charge in [0.25, 0.3) is 5.56 Å². The number of nitrogens with two attached hydrogens (primary N) is 1. The lowest BCUT2D eigenvalue weighted by molar-refractivity contribution is -0.129. The zero-order valence-electron chi connectivity index (χ0n) is 16.3. The van der Waals surface area contributed by atoms with Crippen molar-refractivity contribution in [3.05, 3.63) is 45.6 Å². The molecule has 0 spiro atoms. The van der Waals surface area contributed by atoms with E-state index >= 15 is 0 Å². The van der Waals surface area contributed by atoms with Gasteiger partial charge in [0, 0.05) is 32.4 Å². The molecule has 13 heteroatoms. The van der Waals surface area contributed by atoms with E-state index in [4.69, 9.17) is 5.73 Å². The van der Waals surface area contributed by atoms with Gasteiger partial charge in [-0.25, -0.2) is 14.9 Å². The number of pyridine rings is 1. The van der Waals surface area contributed by atoms with Crippen LogP contribution < -0.4 is 16.2 Å². The third kappa shape index (κ3) is 3.98. The molecule has 1 amide bonds. The van der Waals surface area contributed by atoms with Gasteiger partial charge in [0.1, 0.15) is 11.5 Å². The first kappa shape index (κ1) is 20.2. The highest BCUT2D eigenvalue weighted by Gasteiger charge is 2.24. The number of carboxylic acid groups (broad SMARTS) is 1. The zero-order chi connectivity index (χ0) is 22.0. The Balaban J connectivity index is 1.78. The number of anilines is 1. The number of aromatic nitrogens is 6. The number of tetrazole rings is 1. The highest BCUT2D eigenvalue weighted by molar-refractivity contribution is 5.89. The van der Waals surface area contributed by atoms with Gasteiger partial charge in [-0.2, -0.15) is 0 Å². The van der Waals surface area contributed by atoms with Gasteiger partial charge in [-0.3, -0.25) is 14.0 Å². The summed E-state index contributed by atoms with van der Waals surface area (Å²) in [6, 6.07) is 2.68. The number of piperazine rings is 1. The summed E-state index contributed by atoms with van der Waals surface area (Å²) in [6.07, 6.45) is 4.49. The fourth-order valence-corrected chi connectivity index (χ4v) is 3.36. The summed E-state index contributed by atoms with van der Waals surface area (Å²) in [4.78, 5) is 44.5. The van der Waals surface area contributed by atoms with Crippen molar-refractivity contribution in [3.63, 3.8) is 0 Å². The average Bonchev–Trinajstić information content (AvgIpc) is 3.31. The summed E-state index contributed by atoms with van der Waals surface area (Å²) >= 11 is 0. The molecule has 1 aliphatic heterocycles. The minimum Gasteiger partial charge on any atom is -0.478 e. The van der Waals surface area contributed by atoms with Gasteiger partial charge < -0.3 is 20.6 Å². The van der Waals surface area contributed by atoms with Gasteiger partial charge in [-0.05, 0) is 34.7 Å². The Morgan fingerprint density at radius 1 is 1.23 bits per heavy atom. The molecule has 3 aromatic heterocycles. The summed E-state index contributed by atoms with van der Waals surface area (Å²) < 4.78 is 1.28. The second-order valence-electron chi connectivity index (χ2n) is 6.79. The predicted octanol–water partition coefficient (Wildman–Crippen LogP) is -1.32. The molecule has 0 radical (unpaired) electrons. The lowest BCUT2D eigenvalue weighted by Gasteiger charge is -2.35. The number of hydrogen-bond donors (Lipinski definition) is 3. The largest absolute Gasteiger partial charge is 0.478 e. The summed E-state index contributed by atoms with van der Waals surface area (Å²) in [5, 5.41) is 22.6. The molecular formula is C18H19N9O4. The molecular weight excluding hydrogens is 406 g/mol. The van der Waals surface area contributed by atoms with E-state index in [9.17, 15) is 19.5 Å². The van der Waals surface area contributed by atoms with E-state index in [1.807, 2.05) is 4.90 Å². The lowest BCUT2D eigenvalue weighted by Crippen LogP contribution is -2.51. The number of fused-ring (bicyclic) bond motifs is 1. The van der Waals surface area contributed by atoms with E-state index in [0.717, 1.165) is 0 Å². The molecule has 0 atom stereocenters. The number of nitrogens with one attached hydrogen (secondary N) is 1. The predicted molar refractivity (Wildman–Crippen MR) is 109 cm³/mol. The fraction of sp³-hybridized carbons (Fsp3) is 0.278. The fourth-order valence-electron chi connectivity index (χ4n) is 3.36. The molecule has 0 saturated carbocycles. The van der Waals surface area contributed by atoms with E-state index in [-0.39, 0.29) is 34.8 Å². The number of nitrogens with zero attached hydrogens (tertiary/aromatic N) is 7.